The number of tetrazole rings is 1. The van der Waals surface area contributed by atoms with Gasteiger partial charge in [-0.2, -0.15) is 5.21 Å². The first kappa shape index (κ1) is 20.5. The molecule has 3 N–H and O–H groups in total. The Bertz CT molecular complexity index is 1220. The van der Waals surface area contributed by atoms with Crippen LogP contribution in [0.3, 0.4) is 0 Å². The number of aromatic nitrogens is 5. The van der Waals surface area contributed by atoms with Crippen LogP contribution in [0.4, 0.5) is 4.79 Å². The van der Waals surface area contributed by atoms with E-state index in [0.717, 1.165) is 50.8 Å². The Morgan fingerprint density at radius 1 is 1.13 bits per heavy atom. The third-order valence-corrected chi connectivity index (χ3v) is 5.13. The summed E-state index contributed by atoms with van der Waals surface area (Å²) in [6.45, 7) is 6.48. The van der Waals surface area contributed by atoms with E-state index in [1.165, 1.54) is 0 Å². The smallest absolute Gasteiger partial charge is 0.404 e. The molecule has 0 unspecified atom stereocenters. The average Bonchev–Trinajstić information content (AvgIpc) is 3.27. The van der Waals surface area contributed by atoms with Crippen LogP contribution < -0.4 is 5.32 Å². The molecule has 8 heteroatoms. The summed E-state index contributed by atoms with van der Waals surface area (Å²) in [6, 6.07) is 14.1. The SMILES string of the molecule is Cc1ccc(-c2c(CNC(=O)O)c(CC(C)C)nc3ccc(-c4nn[nH]n4)cc23)cc1. The second kappa shape index (κ2) is 8.51. The molecule has 0 saturated heterocycles. The van der Waals surface area contributed by atoms with E-state index in [0.29, 0.717) is 11.7 Å². The number of rotatable bonds is 6. The first-order valence-corrected chi connectivity index (χ1v) is 10.2. The summed E-state index contributed by atoms with van der Waals surface area (Å²) >= 11 is 0. The van der Waals surface area contributed by atoms with Crippen molar-refractivity contribution in [3.63, 3.8) is 0 Å². The van der Waals surface area contributed by atoms with Gasteiger partial charge < -0.3 is 10.4 Å². The fraction of sp³-hybridized carbons (Fsp3) is 0.261. The molecule has 4 aromatic rings. The van der Waals surface area contributed by atoms with Gasteiger partial charge in [0.1, 0.15) is 0 Å². The Kier molecular flexibility index (Phi) is 5.62. The molecule has 0 aliphatic heterocycles. The van der Waals surface area contributed by atoms with Crippen LogP contribution in [-0.4, -0.2) is 36.8 Å². The molecule has 0 aliphatic rings. The Morgan fingerprint density at radius 2 is 1.87 bits per heavy atom. The zero-order valence-electron chi connectivity index (χ0n) is 17.7. The number of hydrogen-bond donors (Lipinski definition) is 3. The summed E-state index contributed by atoms with van der Waals surface area (Å²) < 4.78 is 0. The third kappa shape index (κ3) is 4.37. The molecule has 2 heterocycles. The van der Waals surface area contributed by atoms with E-state index in [4.69, 9.17) is 4.98 Å². The summed E-state index contributed by atoms with van der Waals surface area (Å²) in [5, 5.41) is 27.0. The maximum Gasteiger partial charge on any atom is 0.404 e. The van der Waals surface area contributed by atoms with E-state index >= 15 is 0 Å². The van der Waals surface area contributed by atoms with Crippen LogP contribution in [-0.2, 0) is 13.0 Å². The highest BCUT2D eigenvalue weighted by molar-refractivity contribution is 5.98. The van der Waals surface area contributed by atoms with Crippen molar-refractivity contribution in [1.29, 1.82) is 0 Å². The summed E-state index contributed by atoms with van der Waals surface area (Å²) in [7, 11) is 0. The molecule has 0 spiro atoms. The van der Waals surface area contributed by atoms with Crippen molar-refractivity contribution in [1.82, 2.24) is 30.9 Å². The number of carbonyl (C=O) groups is 1. The molecule has 31 heavy (non-hydrogen) atoms. The van der Waals surface area contributed by atoms with Gasteiger partial charge in [0.15, 0.2) is 0 Å². The summed E-state index contributed by atoms with van der Waals surface area (Å²) in [6.07, 6.45) is -0.316. The minimum atomic E-state index is -1.06. The molecule has 0 radical (unpaired) electrons. The predicted octanol–water partition coefficient (Wildman–Crippen LogP) is 4.36. The van der Waals surface area contributed by atoms with Crippen molar-refractivity contribution in [3.8, 4) is 22.5 Å². The van der Waals surface area contributed by atoms with E-state index in [1.807, 2.05) is 25.1 Å². The molecule has 0 aliphatic carbocycles. The van der Waals surface area contributed by atoms with Crippen LogP contribution in [0, 0.1) is 12.8 Å². The van der Waals surface area contributed by atoms with Gasteiger partial charge in [-0.1, -0.05) is 43.7 Å². The molecular weight excluding hydrogens is 392 g/mol. The maximum atomic E-state index is 11.3. The first-order chi connectivity index (χ1) is 14.9. The number of pyridine rings is 1. The number of amides is 1. The van der Waals surface area contributed by atoms with E-state index < -0.39 is 6.09 Å². The zero-order chi connectivity index (χ0) is 22.0. The van der Waals surface area contributed by atoms with Crippen molar-refractivity contribution < 1.29 is 9.90 Å². The molecule has 4 rings (SSSR count). The van der Waals surface area contributed by atoms with Gasteiger partial charge in [-0.25, -0.2) is 4.79 Å². The minimum Gasteiger partial charge on any atom is -0.465 e. The van der Waals surface area contributed by atoms with E-state index in [9.17, 15) is 9.90 Å². The number of aryl methyl sites for hydroxylation is 1. The summed E-state index contributed by atoms with van der Waals surface area (Å²) in [4.78, 5) is 16.2. The predicted molar refractivity (Wildman–Crippen MR) is 118 cm³/mol. The Labute approximate surface area is 179 Å². The number of nitrogens with one attached hydrogen (secondary N) is 2. The fourth-order valence-corrected chi connectivity index (χ4v) is 3.74. The van der Waals surface area contributed by atoms with Crippen LogP contribution in [0.25, 0.3) is 33.4 Å². The third-order valence-electron chi connectivity index (χ3n) is 5.13. The molecular formula is C23H24N6O2. The number of carboxylic acid groups (broad SMARTS) is 1. The maximum absolute atomic E-state index is 11.3. The van der Waals surface area contributed by atoms with E-state index in [-0.39, 0.29) is 6.54 Å². The lowest BCUT2D eigenvalue weighted by atomic mass is 9.90. The van der Waals surface area contributed by atoms with E-state index in [2.05, 4.69) is 64.1 Å². The lowest BCUT2D eigenvalue weighted by Crippen LogP contribution is -2.22. The van der Waals surface area contributed by atoms with Gasteiger partial charge in [0, 0.05) is 28.8 Å². The lowest BCUT2D eigenvalue weighted by Gasteiger charge is -2.19. The number of H-pyrrole nitrogens is 1. The largest absolute Gasteiger partial charge is 0.465 e. The number of hydrogen-bond acceptors (Lipinski definition) is 5. The van der Waals surface area contributed by atoms with Gasteiger partial charge in [0.2, 0.25) is 5.82 Å². The van der Waals surface area contributed by atoms with Crippen LogP contribution in [0.1, 0.15) is 30.7 Å². The van der Waals surface area contributed by atoms with E-state index in [1.54, 1.807) is 0 Å². The zero-order valence-corrected chi connectivity index (χ0v) is 17.7. The Morgan fingerprint density at radius 3 is 2.52 bits per heavy atom. The normalized spacial score (nSPS) is 11.2. The highest BCUT2D eigenvalue weighted by Gasteiger charge is 2.19. The summed E-state index contributed by atoms with van der Waals surface area (Å²) in [5.74, 6) is 0.867. The quantitative estimate of drug-likeness (QED) is 0.430. The highest BCUT2D eigenvalue weighted by Crippen LogP contribution is 2.36. The fourth-order valence-electron chi connectivity index (χ4n) is 3.74. The van der Waals surface area contributed by atoms with Gasteiger partial charge in [-0.3, -0.25) is 4.98 Å². The first-order valence-electron chi connectivity index (χ1n) is 10.2. The molecule has 158 valence electrons. The number of nitrogens with zero attached hydrogens (tertiary/aromatic N) is 4. The van der Waals surface area contributed by atoms with Crippen LogP contribution in [0.5, 0.6) is 0 Å². The molecule has 0 saturated carbocycles. The molecule has 2 aromatic heterocycles. The number of aromatic amines is 1. The lowest BCUT2D eigenvalue weighted by molar-refractivity contribution is 0.194. The van der Waals surface area contributed by atoms with Crippen molar-refractivity contribution in [2.75, 3.05) is 0 Å². The monoisotopic (exact) mass is 416 g/mol. The highest BCUT2D eigenvalue weighted by atomic mass is 16.4. The van der Waals surface area contributed by atoms with Gasteiger partial charge in [0.05, 0.1) is 5.52 Å². The second-order valence-corrected chi connectivity index (χ2v) is 8.00. The molecule has 2 aromatic carbocycles. The second-order valence-electron chi connectivity index (χ2n) is 8.00. The van der Waals surface area contributed by atoms with Crippen molar-refractivity contribution >= 4 is 17.0 Å². The number of benzene rings is 2. The van der Waals surface area contributed by atoms with Gasteiger partial charge in [-0.15, -0.1) is 10.2 Å². The van der Waals surface area contributed by atoms with Gasteiger partial charge in [0.25, 0.3) is 0 Å². The van der Waals surface area contributed by atoms with Gasteiger partial charge in [-0.05, 0) is 53.8 Å². The Balaban J connectivity index is 2.02. The van der Waals surface area contributed by atoms with Gasteiger partial charge >= 0.3 is 6.09 Å². The molecule has 0 bridgehead atoms. The average molecular weight is 416 g/mol. The number of fused-ring (bicyclic) bond motifs is 1. The van der Waals surface area contributed by atoms with Crippen molar-refractivity contribution in [2.45, 2.75) is 33.7 Å². The molecule has 0 fully saturated rings. The molecule has 0 atom stereocenters. The van der Waals surface area contributed by atoms with Crippen molar-refractivity contribution in [3.05, 3.63) is 59.3 Å². The summed E-state index contributed by atoms with van der Waals surface area (Å²) in [5.41, 5.74) is 6.58. The molecule has 1 amide bonds. The Hall–Kier alpha value is -3.81. The molecule has 8 nitrogen and oxygen atoms in total. The standard InChI is InChI=1S/C23H24N6O2/c1-13(2)10-20-18(12-24-23(30)31)21(15-6-4-14(3)5-7-15)17-11-16(8-9-19(17)25-20)22-26-28-29-27-22/h4-9,11,13,24H,10,12H2,1-3H3,(H,30,31)(H,26,27,28,29). The minimum absolute atomic E-state index is 0.177. The van der Waals surface area contributed by atoms with Crippen molar-refractivity contribution in [2.24, 2.45) is 5.92 Å². The van der Waals surface area contributed by atoms with Crippen LogP contribution in [0.2, 0.25) is 0 Å². The van der Waals surface area contributed by atoms with Crippen LogP contribution in [0.15, 0.2) is 42.5 Å². The van der Waals surface area contributed by atoms with Crippen LogP contribution >= 0.6 is 0 Å². The topological polar surface area (TPSA) is 117 Å².